The molecule has 0 saturated heterocycles. The van der Waals surface area contributed by atoms with E-state index in [1.165, 1.54) is 80.0 Å². The molecule has 11 rings (SSSR count). The maximum absolute atomic E-state index is 13.3. The molecule has 0 aliphatic rings. The lowest BCUT2D eigenvalue weighted by Crippen LogP contribution is -2.40. The number of benzene rings is 3. The van der Waals surface area contributed by atoms with Crippen LogP contribution in [0.4, 0.5) is 49.9 Å². The van der Waals surface area contributed by atoms with Gasteiger partial charge in [-0.1, -0.05) is 31.7 Å². The summed E-state index contributed by atoms with van der Waals surface area (Å²) in [6.07, 6.45) is 12.0. The largest absolute Gasteiger partial charge is 0.490 e. The molecule has 8 aromatic heterocycles. The molecule has 0 bridgehead atoms. The van der Waals surface area contributed by atoms with E-state index in [0.717, 1.165) is 27.6 Å². The lowest BCUT2D eigenvalue weighted by Gasteiger charge is -2.22. The summed E-state index contributed by atoms with van der Waals surface area (Å²) >= 11 is 20.4. The first-order valence-corrected chi connectivity index (χ1v) is 46.5. The third-order valence-electron chi connectivity index (χ3n) is 13.9. The molecule has 0 spiro atoms. The Bertz CT molecular complexity index is 5700. The Morgan fingerprint density at radius 3 is 1.11 bits per heavy atom. The minimum absolute atomic E-state index is 0. The topological polar surface area (TPSA) is 512 Å². The first kappa shape index (κ1) is 106. The highest BCUT2D eigenvalue weighted by Crippen LogP contribution is 2.40. The molecule has 33 nitrogen and oxygen atoms in total. The number of nitrogens with two attached hydrogens (primary N) is 3. The van der Waals surface area contributed by atoms with Crippen LogP contribution in [0.1, 0.15) is 124 Å². The smallest absolute Gasteiger partial charge is 0.451 e. The van der Waals surface area contributed by atoms with E-state index < -0.39 is 65.3 Å². The van der Waals surface area contributed by atoms with Crippen LogP contribution in [-0.2, 0) is 53.9 Å². The van der Waals surface area contributed by atoms with E-state index in [0.29, 0.717) is 87.8 Å². The fraction of sp³-hybridized carbons (Fsp3) is 0.295. The first-order chi connectivity index (χ1) is 56.6. The number of nitrogens with zero attached hydrogens (tertiary/aromatic N) is 8. The predicted octanol–water partition coefficient (Wildman–Crippen LogP) is 16.4. The van der Waals surface area contributed by atoms with Crippen LogP contribution in [-0.4, -0.2) is 140 Å². The van der Waals surface area contributed by atoms with Crippen LogP contribution >= 0.6 is 105 Å². The van der Waals surface area contributed by atoms with E-state index in [-0.39, 0.29) is 52.0 Å². The fourth-order valence-corrected chi connectivity index (χ4v) is 20.1. The molecule has 15 N–H and O–H groups in total. The molecular formula is C78H97BBr3ClN18O15S7. The minimum Gasteiger partial charge on any atom is -0.451 e. The Hall–Kier alpha value is -9.23. The van der Waals surface area contributed by atoms with E-state index in [4.69, 9.17) is 43.6 Å². The van der Waals surface area contributed by atoms with E-state index in [9.17, 15) is 49.2 Å². The van der Waals surface area contributed by atoms with Crippen molar-refractivity contribution in [2.75, 3.05) is 38.5 Å². The first-order valence-electron chi connectivity index (χ1n) is 36.0. The number of ether oxygens (including phenoxy) is 2. The second-order valence-electron chi connectivity index (χ2n) is 29.2. The summed E-state index contributed by atoms with van der Waals surface area (Å²) in [6, 6.07) is 27.9. The molecule has 0 saturated carbocycles. The number of amides is 4. The van der Waals surface area contributed by atoms with Gasteiger partial charge in [0, 0.05) is 137 Å². The zero-order chi connectivity index (χ0) is 91.6. The highest BCUT2D eigenvalue weighted by Gasteiger charge is 2.30. The van der Waals surface area contributed by atoms with Gasteiger partial charge in [-0.05, 0) is 229 Å². The van der Waals surface area contributed by atoms with E-state index in [2.05, 4.69) is 128 Å². The molecule has 662 valence electrons. The van der Waals surface area contributed by atoms with Crippen molar-refractivity contribution in [3.05, 3.63) is 170 Å². The number of hydrogen-bond donors (Lipinski definition) is 12. The van der Waals surface area contributed by atoms with Gasteiger partial charge in [-0.15, -0.1) is 45.3 Å². The van der Waals surface area contributed by atoms with Gasteiger partial charge in [0.15, 0.2) is 3.92 Å². The standard InChI is InChI=1S/C24H29N5O5S2.C20H23N5O3S2.C13H20N2O3S.C8H6BrN3S.C5H7BN2O2.C4H7ClO2.C3HBr2NS.CH4/c1-14(2)34-23(31)28-21-10-7-16(12-25-21)22-26-13-19(35-22)18-9-8-17(27-15(3)30)11-20(18)36(32,33)29-24(4,5)6;1-12(26)24-14-6-7-15(17(9-14)30(27,28)25-20(2,3)4)16-11-23-19(29-16)13-5-8-18(21)22-10-13;1-9-6-7-11(14-10(2)16)8-12(9)19(17,18)15-13(3,4)5;9-6-4-12-8(13-6)5-1-2-7(10)11-3-5;7-5-2-1-4(3-8-5)6(9)10;1-3(2)7-4(5)6;4-2-1-6-3(5)7-2;/h7-14,29H,1-6H3,(H,27,30)(H,25,28,31);5-11,25H,1-4H3,(H2,21,22)(H,24,26);6-8,15H,1-5H3,(H,14,16);1-4H,(H2,10,11);1-3,9-10H,(H2,7,8);3H,1-2H3;1H;1H4. The summed E-state index contributed by atoms with van der Waals surface area (Å²) < 4.78 is 97.7. The van der Waals surface area contributed by atoms with Crippen LogP contribution in [0.25, 0.3) is 52.6 Å². The van der Waals surface area contributed by atoms with E-state index >= 15 is 0 Å². The van der Waals surface area contributed by atoms with Crippen LogP contribution < -0.4 is 58.1 Å². The minimum atomic E-state index is -3.92. The number of carbonyl (C=O) groups is 5. The van der Waals surface area contributed by atoms with Gasteiger partial charge < -0.3 is 52.7 Å². The summed E-state index contributed by atoms with van der Waals surface area (Å²) in [5, 5.41) is 29.8. The molecule has 0 fully saturated rings. The van der Waals surface area contributed by atoms with Gasteiger partial charge in [0.25, 0.3) is 0 Å². The van der Waals surface area contributed by atoms with Crippen LogP contribution in [0.2, 0.25) is 0 Å². The number of pyridine rings is 4. The Morgan fingerprint density at radius 1 is 0.447 bits per heavy atom. The molecular weight excluding hydrogens is 1940 g/mol. The normalized spacial score (nSPS) is 11.2. The number of halogens is 4. The molecule has 11 aromatic rings. The third-order valence-corrected chi connectivity index (χ3v) is 25.1. The summed E-state index contributed by atoms with van der Waals surface area (Å²) in [5.41, 5.74) is 19.3. The quantitative estimate of drug-likeness (QED) is 0.0280. The number of nitrogen functional groups attached to an aromatic ring is 3. The molecule has 0 aliphatic carbocycles. The van der Waals surface area contributed by atoms with Crippen LogP contribution in [0, 0.1) is 6.92 Å². The van der Waals surface area contributed by atoms with Gasteiger partial charge in [0.2, 0.25) is 47.8 Å². The SMILES string of the molecule is Brc1cnc(Br)s1.C.CC(=O)Nc1ccc(-c2cnc(-c3ccc(N)nc3)s2)c(S(=O)(=O)NC(C)(C)C)c1.CC(=O)Nc1ccc(-c2cnc(-c3ccc(NC(=O)OC(C)C)nc3)s2)c(S(=O)(=O)NC(C)(C)C)c1.CC(=O)Nc1ccc(C)c(S(=O)(=O)NC(C)(C)C)c1.CC(C)OC(=O)Cl.Nc1ccc(-c2ncc(Br)s2)cn1.Nc1ccc(B(O)O)cn1. The highest BCUT2D eigenvalue weighted by molar-refractivity contribution is 9.12. The lowest BCUT2D eigenvalue weighted by molar-refractivity contribution is -0.115. The monoisotopic (exact) mass is 2030 g/mol. The van der Waals surface area contributed by atoms with Crippen LogP contribution in [0.3, 0.4) is 0 Å². The Balaban J connectivity index is 0.000000325. The van der Waals surface area contributed by atoms with Crippen molar-refractivity contribution in [2.45, 2.75) is 169 Å². The van der Waals surface area contributed by atoms with Crippen molar-refractivity contribution >= 4 is 217 Å². The second kappa shape index (κ2) is 47.8. The molecule has 8 heterocycles. The van der Waals surface area contributed by atoms with Gasteiger partial charge >= 0.3 is 18.6 Å². The summed E-state index contributed by atoms with van der Waals surface area (Å²) in [4.78, 5) is 90.0. The van der Waals surface area contributed by atoms with E-state index in [1.54, 1.807) is 224 Å². The number of anilines is 7. The Kier molecular flexibility index (Phi) is 41.2. The molecule has 45 heteroatoms. The number of hydrogen-bond acceptors (Lipinski definition) is 30. The predicted molar refractivity (Wildman–Crippen MR) is 503 cm³/mol. The zero-order valence-electron chi connectivity index (χ0n) is 69.0. The molecule has 0 aliphatic heterocycles. The van der Waals surface area contributed by atoms with Crippen LogP contribution in [0.15, 0.2) is 179 Å². The van der Waals surface area contributed by atoms with Crippen LogP contribution in [0.5, 0.6) is 0 Å². The van der Waals surface area contributed by atoms with Crippen molar-refractivity contribution in [3.8, 4) is 52.6 Å². The lowest BCUT2D eigenvalue weighted by atomic mass is 9.82. The summed E-state index contributed by atoms with van der Waals surface area (Å²) in [5.74, 6) is 0.797. The van der Waals surface area contributed by atoms with Crippen molar-refractivity contribution in [1.29, 1.82) is 0 Å². The van der Waals surface area contributed by atoms with Crippen molar-refractivity contribution in [1.82, 2.24) is 54.0 Å². The average Bonchev–Trinajstić information content (AvgIpc) is 1.77. The molecule has 123 heavy (non-hydrogen) atoms. The summed E-state index contributed by atoms with van der Waals surface area (Å²) in [7, 11) is -12.9. The van der Waals surface area contributed by atoms with Gasteiger partial charge in [0.1, 0.15) is 38.3 Å². The number of aromatic nitrogens is 8. The molecule has 4 amide bonds. The van der Waals surface area contributed by atoms with Crippen molar-refractivity contribution in [3.63, 3.8) is 0 Å². The number of nitrogens with one attached hydrogen (secondary N) is 7. The van der Waals surface area contributed by atoms with Gasteiger partial charge in [-0.25, -0.2) is 88.9 Å². The molecule has 3 aromatic carbocycles. The Labute approximate surface area is 762 Å². The van der Waals surface area contributed by atoms with Gasteiger partial charge in [0.05, 0.1) is 56.6 Å². The Morgan fingerprint density at radius 2 is 0.805 bits per heavy atom. The van der Waals surface area contributed by atoms with E-state index in [1.807, 2.05) is 12.1 Å². The molecule has 0 unspecified atom stereocenters. The molecule has 0 radical (unpaired) electrons. The van der Waals surface area contributed by atoms with Gasteiger partial charge in [-0.2, -0.15) is 0 Å². The van der Waals surface area contributed by atoms with Crippen molar-refractivity contribution < 1.29 is 68.7 Å². The number of sulfonamides is 3. The van der Waals surface area contributed by atoms with Crippen molar-refractivity contribution in [2.24, 2.45) is 0 Å². The zero-order valence-corrected chi connectivity index (χ0v) is 80.3. The number of aryl methyl sites for hydroxylation is 1. The number of rotatable bonds is 18. The fourth-order valence-electron chi connectivity index (χ4n) is 9.45. The number of thiazole rings is 4. The van der Waals surface area contributed by atoms with Gasteiger partial charge in [-0.3, -0.25) is 19.7 Å². The molecule has 0 atom stereocenters. The number of carbonyl (C=O) groups excluding carboxylic acids is 5. The third kappa shape index (κ3) is 38.4. The maximum atomic E-state index is 13.3. The highest BCUT2D eigenvalue weighted by atomic mass is 79.9. The summed E-state index contributed by atoms with van der Waals surface area (Å²) in [6.45, 7) is 28.7. The maximum Gasteiger partial charge on any atom is 0.490 e. The second-order valence-corrected chi connectivity index (χ2v) is 42.6. The average molecular weight is 2040 g/mol.